The lowest BCUT2D eigenvalue weighted by molar-refractivity contribution is -0.133. The molecule has 1 aromatic carbocycles. The highest BCUT2D eigenvalue weighted by Crippen LogP contribution is 2.34. The summed E-state index contributed by atoms with van der Waals surface area (Å²) in [6.07, 6.45) is 5.41. The summed E-state index contributed by atoms with van der Waals surface area (Å²) >= 11 is 0. The molecule has 1 aliphatic carbocycles. The number of aromatic nitrogens is 1. The van der Waals surface area contributed by atoms with Crippen LogP contribution < -0.4 is 5.32 Å². The molecule has 7 heteroatoms. The molecule has 0 radical (unpaired) electrons. The van der Waals surface area contributed by atoms with Gasteiger partial charge >= 0.3 is 6.03 Å². The number of carbonyl (C=O) groups is 2. The lowest BCUT2D eigenvalue weighted by Gasteiger charge is -2.29. The van der Waals surface area contributed by atoms with Crippen LogP contribution in [0.5, 0.6) is 0 Å². The number of anilines is 1. The van der Waals surface area contributed by atoms with Gasteiger partial charge in [0.2, 0.25) is 5.91 Å². The molecule has 7 nitrogen and oxygen atoms in total. The number of furan rings is 1. The molecule has 0 spiro atoms. The highest BCUT2D eigenvalue weighted by molar-refractivity contribution is 5.94. The Kier molecular flexibility index (Phi) is 7.87. The fourth-order valence-electron chi connectivity index (χ4n) is 4.55. The van der Waals surface area contributed by atoms with Crippen molar-refractivity contribution in [1.29, 1.82) is 0 Å². The van der Waals surface area contributed by atoms with Gasteiger partial charge in [0.15, 0.2) is 0 Å². The molecule has 0 atom stereocenters. The fraction of sp³-hybridized carbons (Fsp3) is 0.448. The van der Waals surface area contributed by atoms with Crippen LogP contribution in [0.4, 0.5) is 10.5 Å². The average Bonchev–Trinajstić information content (AvgIpc) is 3.39. The topological polar surface area (TPSA) is 70.7 Å². The first-order chi connectivity index (χ1) is 17.2. The molecule has 0 bridgehead atoms. The predicted molar refractivity (Wildman–Crippen MR) is 142 cm³/mol. The Balaban J connectivity index is 1.55. The maximum atomic E-state index is 13.6. The van der Waals surface area contributed by atoms with Gasteiger partial charge < -0.3 is 24.1 Å². The standard InChI is InChI=1S/C29H38N4O3/c1-20(2)25-11-6-12-26(21(3)4)28(25)30-29(35)33(22-13-14-22)19-27(34)32(18-24-10-8-16-36-24)17-23-9-7-15-31(23)5/h6-12,15-16,20-22H,13-14,17-19H2,1-5H3,(H,30,35). The van der Waals surface area contributed by atoms with Gasteiger partial charge in [-0.25, -0.2) is 4.79 Å². The third-order valence-corrected chi connectivity index (χ3v) is 6.84. The molecule has 3 aromatic rings. The van der Waals surface area contributed by atoms with Gasteiger partial charge in [-0.1, -0.05) is 45.9 Å². The van der Waals surface area contributed by atoms with Crippen molar-refractivity contribution in [3.63, 3.8) is 0 Å². The van der Waals surface area contributed by atoms with Crippen molar-refractivity contribution in [2.45, 2.75) is 71.5 Å². The molecule has 1 aliphatic rings. The van der Waals surface area contributed by atoms with Gasteiger partial charge in [0.1, 0.15) is 12.3 Å². The summed E-state index contributed by atoms with van der Waals surface area (Å²) in [6, 6.07) is 13.7. The number of urea groups is 1. The summed E-state index contributed by atoms with van der Waals surface area (Å²) in [7, 11) is 1.97. The Labute approximate surface area is 214 Å². The Morgan fingerprint density at radius 2 is 1.69 bits per heavy atom. The summed E-state index contributed by atoms with van der Waals surface area (Å²) in [5, 5.41) is 3.20. The van der Waals surface area contributed by atoms with Crippen molar-refractivity contribution in [3.05, 3.63) is 77.5 Å². The largest absolute Gasteiger partial charge is 0.467 e. The van der Waals surface area contributed by atoms with Crippen molar-refractivity contribution >= 4 is 17.6 Å². The highest BCUT2D eigenvalue weighted by atomic mass is 16.3. The first kappa shape index (κ1) is 25.6. The maximum absolute atomic E-state index is 13.6. The number of rotatable bonds is 10. The summed E-state index contributed by atoms with van der Waals surface area (Å²) in [5.74, 6) is 1.15. The molecule has 0 saturated heterocycles. The van der Waals surface area contributed by atoms with Crippen LogP contribution in [-0.2, 0) is 24.9 Å². The molecule has 4 rings (SSSR count). The van der Waals surface area contributed by atoms with Crippen molar-refractivity contribution in [1.82, 2.24) is 14.4 Å². The zero-order chi connectivity index (χ0) is 25.8. The molecule has 192 valence electrons. The first-order valence-electron chi connectivity index (χ1n) is 12.8. The van der Waals surface area contributed by atoms with Gasteiger partial charge in [-0.3, -0.25) is 4.79 Å². The number of hydrogen-bond donors (Lipinski definition) is 1. The quantitative estimate of drug-likeness (QED) is 0.374. The SMILES string of the molecule is CC(C)c1cccc(C(C)C)c1NC(=O)N(CC(=O)N(Cc1ccco1)Cc1cccn1C)C1CC1. The lowest BCUT2D eigenvalue weighted by Crippen LogP contribution is -2.45. The zero-order valence-electron chi connectivity index (χ0n) is 22.0. The van der Waals surface area contributed by atoms with Crippen molar-refractivity contribution < 1.29 is 14.0 Å². The summed E-state index contributed by atoms with van der Waals surface area (Å²) < 4.78 is 7.54. The molecule has 1 saturated carbocycles. The van der Waals surface area contributed by atoms with E-state index in [0.29, 0.717) is 18.8 Å². The second kappa shape index (κ2) is 11.1. The Bertz CT molecular complexity index is 1150. The van der Waals surface area contributed by atoms with Crippen LogP contribution in [0.2, 0.25) is 0 Å². The third-order valence-electron chi connectivity index (χ3n) is 6.84. The molecule has 36 heavy (non-hydrogen) atoms. The monoisotopic (exact) mass is 490 g/mol. The van der Waals surface area contributed by atoms with E-state index in [9.17, 15) is 9.59 Å². The Morgan fingerprint density at radius 1 is 1.00 bits per heavy atom. The minimum atomic E-state index is -0.210. The minimum Gasteiger partial charge on any atom is -0.467 e. The van der Waals surface area contributed by atoms with Crippen LogP contribution in [0.1, 0.15) is 75.0 Å². The van der Waals surface area contributed by atoms with Gasteiger partial charge in [-0.2, -0.15) is 0 Å². The molecule has 0 aliphatic heterocycles. The van der Waals surface area contributed by atoms with Crippen molar-refractivity contribution in [2.24, 2.45) is 7.05 Å². The van der Waals surface area contributed by atoms with Crippen LogP contribution in [0.3, 0.4) is 0 Å². The first-order valence-corrected chi connectivity index (χ1v) is 12.8. The molecule has 2 aromatic heterocycles. The van der Waals surface area contributed by atoms with Gasteiger partial charge in [0.25, 0.3) is 0 Å². The van der Waals surface area contributed by atoms with Gasteiger partial charge in [-0.05, 0) is 60.1 Å². The van der Waals surface area contributed by atoms with E-state index in [0.717, 1.165) is 35.3 Å². The van der Waals surface area contributed by atoms with Crippen molar-refractivity contribution in [3.8, 4) is 0 Å². The van der Waals surface area contributed by atoms with Gasteiger partial charge in [0.05, 0.1) is 19.4 Å². The zero-order valence-corrected chi connectivity index (χ0v) is 22.0. The number of hydrogen-bond acceptors (Lipinski definition) is 3. The van der Waals surface area contributed by atoms with Crippen molar-refractivity contribution in [2.75, 3.05) is 11.9 Å². The Hall–Kier alpha value is -3.48. The highest BCUT2D eigenvalue weighted by Gasteiger charge is 2.35. The van der Waals surface area contributed by atoms with E-state index in [1.165, 1.54) is 0 Å². The minimum absolute atomic E-state index is 0.0302. The van der Waals surface area contributed by atoms with Crippen LogP contribution in [0, 0.1) is 0 Å². The number of amides is 3. The van der Waals surface area contributed by atoms with Crippen LogP contribution in [0.15, 0.2) is 59.3 Å². The number of nitrogens with one attached hydrogen (secondary N) is 1. The molecular formula is C29H38N4O3. The molecule has 2 heterocycles. The fourth-order valence-corrected chi connectivity index (χ4v) is 4.55. The van der Waals surface area contributed by atoms with Gasteiger partial charge in [-0.15, -0.1) is 0 Å². The van der Waals surface area contributed by atoms with E-state index in [1.807, 2.05) is 42.1 Å². The van der Waals surface area contributed by atoms with E-state index in [-0.39, 0.29) is 36.4 Å². The maximum Gasteiger partial charge on any atom is 0.322 e. The second-order valence-electron chi connectivity index (χ2n) is 10.3. The second-order valence-corrected chi connectivity index (χ2v) is 10.3. The van der Waals surface area contributed by atoms with E-state index < -0.39 is 0 Å². The van der Waals surface area contributed by atoms with E-state index in [1.54, 1.807) is 16.1 Å². The smallest absolute Gasteiger partial charge is 0.322 e. The summed E-state index contributed by atoms with van der Waals surface area (Å²) in [4.78, 5) is 30.7. The predicted octanol–water partition coefficient (Wildman–Crippen LogP) is 6.09. The number of nitrogens with zero attached hydrogens (tertiary/aromatic N) is 3. The lowest BCUT2D eigenvalue weighted by atomic mass is 9.93. The number of benzene rings is 1. The van der Waals surface area contributed by atoms with Crippen LogP contribution >= 0.6 is 0 Å². The van der Waals surface area contributed by atoms with Gasteiger partial charge in [0, 0.05) is 30.7 Å². The molecule has 0 unspecified atom stereocenters. The molecular weight excluding hydrogens is 452 g/mol. The Morgan fingerprint density at radius 3 is 2.22 bits per heavy atom. The van der Waals surface area contributed by atoms with E-state index in [4.69, 9.17) is 4.42 Å². The summed E-state index contributed by atoms with van der Waals surface area (Å²) in [6.45, 7) is 9.35. The van der Waals surface area contributed by atoms with Crippen LogP contribution in [0.25, 0.3) is 0 Å². The number of carbonyl (C=O) groups excluding carboxylic acids is 2. The molecule has 3 amide bonds. The normalized spacial score (nSPS) is 13.3. The number of aryl methyl sites for hydroxylation is 1. The average molecular weight is 491 g/mol. The van der Waals surface area contributed by atoms with E-state index in [2.05, 4.69) is 51.2 Å². The molecule has 1 fully saturated rings. The summed E-state index contributed by atoms with van der Waals surface area (Å²) in [5.41, 5.74) is 4.12. The van der Waals surface area contributed by atoms with E-state index >= 15 is 0 Å². The number of para-hydroxylation sites is 1. The third kappa shape index (κ3) is 6.01. The van der Waals surface area contributed by atoms with Crippen LogP contribution in [-0.4, -0.2) is 38.9 Å². The molecule has 1 N–H and O–H groups in total.